The number of hydrogen-bond donors (Lipinski definition) is 1. The SMILES string of the molecule is Cc1ccc(C2=NN(C(=O)CSc3nnc(CCC(N)=O)n3C)C(c3ccco3)C2)cc1. The van der Waals surface area contributed by atoms with Gasteiger partial charge in [0.1, 0.15) is 17.6 Å². The van der Waals surface area contributed by atoms with Crippen LogP contribution in [0.25, 0.3) is 0 Å². The lowest BCUT2D eigenvalue weighted by Gasteiger charge is -2.19. The number of carbonyl (C=O) groups excluding carboxylic acids is 2. The molecule has 3 heterocycles. The summed E-state index contributed by atoms with van der Waals surface area (Å²) in [6.45, 7) is 2.03. The summed E-state index contributed by atoms with van der Waals surface area (Å²) in [5.74, 6) is 0.941. The number of thioether (sulfide) groups is 1. The molecule has 2 amide bonds. The molecule has 9 nitrogen and oxygen atoms in total. The Morgan fingerprint density at radius 2 is 2.00 bits per heavy atom. The first kappa shape index (κ1) is 21.8. The highest BCUT2D eigenvalue weighted by Crippen LogP contribution is 2.34. The molecule has 1 atom stereocenters. The van der Waals surface area contributed by atoms with Gasteiger partial charge in [-0.15, -0.1) is 10.2 Å². The van der Waals surface area contributed by atoms with Crippen LogP contribution in [-0.2, 0) is 23.1 Å². The standard InChI is InChI=1S/C22H24N6O3S/c1-14-5-7-15(8-6-14)16-12-17(18-4-3-11-31-18)28(26-16)21(30)13-32-22-25-24-20(27(22)2)10-9-19(23)29/h3-8,11,17H,9-10,12-13H2,1-2H3,(H2,23,29). The summed E-state index contributed by atoms with van der Waals surface area (Å²) in [4.78, 5) is 24.1. The normalized spacial score (nSPS) is 15.8. The van der Waals surface area contributed by atoms with Gasteiger partial charge < -0.3 is 14.7 Å². The lowest BCUT2D eigenvalue weighted by molar-refractivity contribution is -0.130. The maximum Gasteiger partial charge on any atom is 0.253 e. The van der Waals surface area contributed by atoms with E-state index < -0.39 is 5.91 Å². The van der Waals surface area contributed by atoms with Gasteiger partial charge in [0.2, 0.25) is 5.91 Å². The molecule has 0 fully saturated rings. The summed E-state index contributed by atoms with van der Waals surface area (Å²) < 4.78 is 7.37. The molecule has 2 aromatic heterocycles. The second kappa shape index (κ2) is 9.39. The highest BCUT2D eigenvalue weighted by atomic mass is 32.2. The molecular weight excluding hydrogens is 428 g/mol. The highest BCUT2D eigenvalue weighted by molar-refractivity contribution is 7.99. The Morgan fingerprint density at radius 3 is 2.69 bits per heavy atom. The number of aromatic nitrogens is 3. The highest BCUT2D eigenvalue weighted by Gasteiger charge is 2.34. The van der Waals surface area contributed by atoms with Gasteiger partial charge in [0.15, 0.2) is 5.16 Å². The molecule has 1 unspecified atom stereocenters. The van der Waals surface area contributed by atoms with Gasteiger partial charge in [0.25, 0.3) is 5.91 Å². The zero-order chi connectivity index (χ0) is 22.7. The topological polar surface area (TPSA) is 120 Å². The minimum atomic E-state index is -0.391. The van der Waals surface area contributed by atoms with Gasteiger partial charge in [-0.05, 0) is 24.6 Å². The summed E-state index contributed by atoms with van der Waals surface area (Å²) in [6.07, 6.45) is 2.78. The number of hydrazone groups is 1. The zero-order valence-corrected chi connectivity index (χ0v) is 18.7. The lowest BCUT2D eigenvalue weighted by atomic mass is 10.0. The molecule has 0 bridgehead atoms. The number of benzene rings is 1. The average Bonchev–Trinajstić information content (AvgIpc) is 3.51. The van der Waals surface area contributed by atoms with Gasteiger partial charge in [-0.25, -0.2) is 5.01 Å². The van der Waals surface area contributed by atoms with Crippen LogP contribution in [0, 0.1) is 6.92 Å². The number of rotatable bonds is 8. The Hall–Kier alpha value is -3.40. The van der Waals surface area contributed by atoms with Crippen LogP contribution in [0.2, 0.25) is 0 Å². The molecule has 0 aliphatic carbocycles. The second-order valence-corrected chi connectivity index (χ2v) is 8.54. The average molecular weight is 453 g/mol. The van der Waals surface area contributed by atoms with Crippen molar-refractivity contribution >= 4 is 29.3 Å². The lowest BCUT2D eigenvalue weighted by Crippen LogP contribution is -2.28. The van der Waals surface area contributed by atoms with Crippen LogP contribution < -0.4 is 5.73 Å². The van der Waals surface area contributed by atoms with Crippen molar-refractivity contribution in [2.24, 2.45) is 17.9 Å². The first-order valence-electron chi connectivity index (χ1n) is 10.2. The Balaban J connectivity index is 1.49. The maximum atomic E-state index is 13.1. The molecule has 10 heteroatoms. The van der Waals surface area contributed by atoms with E-state index in [0.29, 0.717) is 29.6 Å². The van der Waals surface area contributed by atoms with Crippen molar-refractivity contribution in [1.29, 1.82) is 0 Å². The van der Waals surface area contributed by atoms with Crippen LogP contribution in [0.1, 0.15) is 41.6 Å². The van der Waals surface area contributed by atoms with E-state index in [4.69, 9.17) is 10.2 Å². The number of aryl methyl sites for hydroxylation is 2. The van der Waals surface area contributed by atoms with Crippen LogP contribution >= 0.6 is 11.8 Å². The van der Waals surface area contributed by atoms with Gasteiger partial charge in [0, 0.05) is 26.3 Å². The molecule has 4 rings (SSSR count). The van der Waals surface area contributed by atoms with Crippen LogP contribution in [0.4, 0.5) is 0 Å². The van der Waals surface area contributed by atoms with Crippen molar-refractivity contribution in [3.8, 4) is 0 Å². The van der Waals surface area contributed by atoms with E-state index in [1.807, 2.05) is 43.3 Å². The molecule has 1 aromatic carbocycles. The fraction of sp³-hybridized carbons (Fsp3) is 0.318. The van der Waals surface area contributed by atoms with E-state index in [9.17, 15) is 9.59 Å². The van der Waals surface area contributed by atoms with E-state index in [1.54, 1.807) is 17.9 Å². The molecule has 0 spiro atoms. The zero-order valence-electron chi connectivity index (χ0n) is 17.9. The summed E-state index contributed by atoms with van der Waals surface area (Å²) in [5, 5.41) is 15.0. The van der Waals surface area contributed by atoms with Crippen LogP contribution in [0.3, 0.4) is 0 Å². The van der Waals surface area contributed by atoms with Crippen LogP contribution in [0.5, 0.6) is 0 Å². The number of hydrogen-bond acceptors (Lipinski definition) is 7. The van der Waals surface area contributed by atoms with E-state index in [2.05, 4.69) is 15.3 Å². The fourth-order valence-corrected chi connectivity index (χ4v) is 4.26. The van der Waals surface area contributed by atoms with Gasteiger partial charge in [-0.1, -0.05) is 41.6 Å². The predicted molar refractivity (Wildman–Crippen MR) is 120 cm³/mol. The largest absolute Gasteiger partial charge is 0.467 e. The Morgan fingerprint density at radius 1 is 1.22 bits per heavy atom. The monoisotopic (exact) mass is 452 g/mol. The Labute approximate surface area is 189 Å². The van der Waals surface area contributed by atoms with Crippen LogP contribution in [-0.4, -0.2) is 43.1 Å². The van der Waals surface area contributed by atoms with E-state index >= 15 is 0 Å². The number of furan rings is 1. The van der Waals surface area contributed by atoms with Crippen molar-refractivity contribution < 1.29 is 14.0 Å². The van der Waals surface area contributed by atoms with Gasteiger partial charge in [0.05, 0.1) is 17.7 Å². The van der Waals surface area contributed by atoms with Crippen LogP contribution in [0.15, 0.2) is 57.3 Å². The van der Waals surface area contributed by atoms with E-state index in [-0.39, 0.29) is 24.1 Å². The molecule has 3 aromatic rings. The van der Waals surface area contributed by atoms with Crippen molar-refractivity contribution in [3.63, 3.8) is 0 Å². The molecule has 0 saturated carbocycles. The molecule has 32 heavy (non-hydrogen) atoms. The minimum Gasteiger partial charge on any atom is -0.467 e. The first-order valence-corrected chi connectivity index (χ1v) is 11.2. The quantitative estimate of drug-likeness (QED) is 0.525. The Bertz CT molecular complexity index is 1140. The molecule has 1 aliphatic heterocycles. The minimum absolute atomic E-state index is 0.143. The van der Waals surface area contributed by atoms with Gasteiger partial charge in [-0.3, -0.25) is 9.59 Å². The molecular formula is C22H24N6O3S. The molecule has 0 radical (unpaired) electrons. The molecule has 0 saturated heterocycles. The van der Waals surface area contributed by atoms with Crippen molar-refractivity contribution in [2.75, 3.05) is 5.75 Å². The molecule has 2 N–H and O–H groups in total. The summed E-state index contributed by atoms with van der Waals surface area (Å²) in [6, 6.07) is 11.5. The molecule has 1 aliphatic rings. The summed E-state index contributed by atoms with van der Waals surface area (Å²) in [7, 11) is 1.80. The van der Waals surface area contributed by atoms with Gasteiger partial charge in [-0.2, -0.15) is 5.10 Å². The van der Waals surface area contributed by atoms with Gasteiger partial charge >= 0.3 is 0 Å². The summed E-state index contributed by atoms with van der Waals surface area (Å²) in [5.41, 5.74) is 8.21. The molecule has 166 valence electrons. The van der Waals surface area contributed by atoms with Crippen molar-refractivity contribution in [2.45, 2.75) is 37.4 Å². The number of carbonyl (C=O) groups is 2. The second-order valence-electron chi connectivity index (χ2n) is 7.60. The van der Waals surface area contributed by atoms with Crippen molar-refractivity contribution in [3.05, 3.63) is 65.4 Å². The number of nitrogens with zero attached hydrogens (tertiary/aromatic N) is 5. The number of nitrogens with two attached hydrogens (primary N) is 1. The maximum absolute atomic E-state index is 13.1. The predicted octanol–water partition coefficient (Wildman–Crippen LogP) is 2.60. The third-order valence-corrected chi connectivity index (χ3v) is 6.27. The first-order chi connectivity index (χ1) is 15.4. The third-order valence-electron chi connectivity index (χ3n) is 5.27. The third kappa shape index (κ3) is 4.75. The van der Waals surface area contributed by atoms with E-state index in [0.717, 1.165) is 16.8 Å². The number of amides is 2. The van der Waals surface area contributed by atoms with E-state index in [1.165, 1.54) is 16.8 Å². The smallest absolute Gasteiger partial charge is 0.253 e. The fourth-order valence-electron chi connectivity index (χ4n) is 3.48. The number of primary amides is 1. The summed E-state index contributed by atoms with van der Waals surface area (Å²) >= 11 is 1.28. The van der Waals surface area contributed by atoms with Crippen molar-refractivity contribution in [1.82, 2.24) is 19.8 Å². The Kier molecular flexibility index (Phi) is 6.40.